The minimum atomic E-state index is 0.824. The van der Waals surface area contributed by atoms with Crippen LogP contribution in [0.2, 0.25) is 0 Å². The van der Waals surface area contributed by atoms with Crippen LogP contribution < -0.4 is 0 Å². The molecule has 0 radical (unpaired) electrons. The van der Waals surface area contributed by atoms with Crippen LogP contribution in [0.4, 0.5) is 0 Å². The maximum atomic E-state index is 4.48. The fourth-order valence-corrected chi connectivity index (χ4v) is 1.99. The molecule has 0 unspecified atom stereocenters. The van der Waals surface area contributed by atoms with Crippen molar-refractivity contribution in [1.82, 2.24) is 15.0 Å². The van der Waals surface area contributed by atoms with E-state index in [0.717, 1.165) is 28.1 Å². The lowest BCUT2D eigenvalue weighted by atomic mass is 10.2. The first-order chi connectivity index (χ1) is 7.25. The van der Waals surface area contributed by atoms with Gasteiger partial charge in [0, 0.05) is 10.9 Å². The van der Waals surface area contributed by atoms with Crippen LogP contribution in [0.15, 0.2) is 24.3 Å². The smallest absolute Gasteiger partial charge is 0.126 e. The zero-order valence-corrected chi connectivity index (χ0v) is 8.70. The highest BCUT2D eigenvalue weighted by Gasteiger charge is 2.08. The van der Waals surface area contributed by atoms with Gasteiger partial charge in [-0.25, -0.2) is 9.97 Å². The van der Waals surface area contributed by atoms with E-state index in [2.05, 4.69) is 27.1 Å². The maximum absolute atomic E-state index is 4.48. The van der Waals surface area contributed by atoms with E-state index in [1.54, 1.807) is 0 Å². The second kappa shape index (κ2) is 2.79. The summed E-state index contributed by atoms with van der Waals surface area (Å²) in [6, 6.07) is 8.20. The highest BCUT2D eigenvalue weighted by atomic mass is 14.9. The van der Waals surface area contributed by atoms with Crippen molar-refractivity contribution in [3.8, 4) is 0 Å². The van der Waals surface area contributed by atoms with Crippen LogP contribution in [0.5, 0.6) is 0 Å². The molecule has 0 fully saturated rings. The molecule has 0 saturated carbocycles. The van der Waals surface area contributed by atoms with E-state index < -0.39 is 0 Å². The van der Waals surface area contributed by atoms with Crippen LogP contribution in [-0.4, -0.2) is 15.0 Å². The van der Waals surface area contributed by atoms with Crippen molar-refractivity contribution in [2.45, 2.75) is 13.8 Å². The lowest BCUT2D eigenvalue weighted by Crippen LogP contribution is -1.91. The lowest BCUT2D eigenvalue weighted by molar-refractivity contribution is 1.05. The summed E-state index contributed by atoms with van der Waals surface area (Å²) < 4.78 is 0. The predicted octanol–water partition coefficient (Wildman–Crippen LogP) is 2.73. The zero-order valence-electron chi connectivity index (χ0n) is 8.70. The van der Waals surface area contributed by atoms with E-state index in [1.807, 2.05) is 26.0 Å². The Morgan fingerprint density at radius 2 is 1.87 bits per heavy atom. The summed E-state index contributed by atoms with van der Waals surface area (Å²) in [5.74, 6) is 0.824. The molecular weight excluding hydrogens is 186 g/mol. The highest BCUT2D eigenvalue weighted by molar-refractivity contribution is 6.05. The second-order valence-electron chi connectivity index (χ2n) is 3.75. The average Bonchev–Trinajstić information content (AvgIpc) is 2.57. The monoisotopic (exact) mass is 197 g/mol. The van der Waals surface area contributed by atoms with E-state index in [1.165, 1.54) is 5.39 Å². The molecule has 0 spiro atoms. The third kappa shape index (κ3) is 1.13. The van der Waals surface area contributed by atoms with Crippen molar-refractivity contribution in [3.63, 3.8) is 0 Å². The van der Waals surface area contributed by atoms with Crippen molar-refractivity contribution in [2.75, 3.05) is 0 Å². The molecule has 3 aromatic rings. The van der Waals surface area contributed by atoms with E-state index >= 15 is 0 Å². The molecule has 1 aromatic carbocycles. The molecule has 0 amide bonds. The molecule has 74 valence electrons. The van der Waals surface area contributed by atoms with Crippen LogP contribution in [0.1, 0.15) is 11.5 Å². The average molecular weight is 197 g/mol. The van der Waals surface area contributed by atoms with Gasteiger partial charge in [0.25, 0.3) is 0 Å². The molecular formula is C12H11N3. The van der Waals surface area contributed by atoms with E-state index in [9.17, 15) is 0 Å². The molecule has 0 aliphatic heterocycles. The number of benzene rings is 1. The normalized spacial score (nSPS) is 11.3. The Bertz CT molecular complexity index is 652. The number of rotatable bonds is 0. The first-order valence-corrected chi connectivity index (χ1v) is 4.97. The van der Waals surface area contributed by atoms with E-state index in [0.29, 0.717) is 0 Å². The number of aromatic nitrogens is 3. The topological polar surface area (TPSA) is 41.6 Å². The molecule has 0 bridgehead atoms. The van der Waals surface area contributed by atoms with Crippen molar-refractivity contribution in [1.29, 1.82) is 0 Å². The predicted molar refractivity (Wildman–Crippen MR) is 60.9 cm³/mol. The first kappa shape index (κ1) is 8.41. The third-order valence-corrected chi connectivity index (χ3v) is 2.64. The molecule has 3 nitrogen and oxygen atoms in total. The molecule has 0 atom stereocenters. The van der Waals surface area contributed by atoms with Crippen molar-refractivity contribution in [2.24, 2.45) is 0 Å². The van der Waals surface area contributed by atoms with Crippen molar-refractivity contribution < 1.29 is 0 Å². The largest absolute Gasteiger partial charge is 0.352 e. The number of hydrogen-bond acceptors (Lipinski definition) is 2. The molecule has 0 aliphatic carbocycles. The molecule has 0 saturated heterocycles. The van der Waals surface area contributed by atoms with Crippen molar-refractivity contribution >= 4 is 21.9 Å². The van der Waals surface area contributed by atoms with Gasteiger partial charge in [0.05, 0.1) is 16.7 Å². The summed E-state index contributed by atoms with van der Waals surface area (Å²) in [5, 5.41) is 1.17. The summed E-state index contributed by atoms with van der Waals surface area (Å²) in [6.07, 6.45) is 0. The molecule has 0 aliphatic rings. The number of hydrogen-bond donors (Lipinski definition) is 1. The Morgan fingerprint density at radius 3 is 2.73 bits per heavy atom. The van der Waals surface area contributed by atoms with Crippen LogP contribution in [0.25, 0.3) is 21.9 Å². The number of H-pyrrole nitrogens is 1. The Balaban J connectivity index is 2.61. The van der Waals surface area contributed by atoms with Gasteiger partial charge in [0.2, 0.25) is 0 Å². The molecule has 2 heterocycles. The Morgan fingerprint density at radius 1 is 1.07 bits per heavy atom. The van der Waals surface area contributed by atoms with E-state index in [4.69, 9.17) is 0 Å². The number of aromatic amines is 1. The number of fused-ring (bicyclic) bond motifs is 3. The quantitative estimate of drug-likeness (QED) is 0.602. The Kier molecular flexibility index (Phi) is 1.57. The standard InChI is InChI=1S/C12H11N3/c1-7-11-12(14-8(2)13-7)9-5-3-4-6-10(9)15-11/h3-6,15H,1-2H3. The zero-order chi connectivity index (χ0) is 10.4. The van der Waals surface area contributed by atoms with Crippen LogP contribution >= 0.6 is 0 Å². The van der Waals surface area contributed by atoms with Gasteiger partial charge < -0.3 is 4.98 Å². The van der Waals surface area contributed by atoms with Crippen molar-refractivity contribution in [3.05, 3.63) is 35.8 Å². The highest BCUT2D eigenvalue weighted by Crippen LogP contribution is 2.24. The summed E-state index contributed by atoms with van der Waals surface area (Å²) in [4.78, 5) is 12.2. The number of nitrogens with one attached hydrogen (secondary N) is 1. The van der Waals surface area contributed by atoms with Gasteiger partial charge in [0.15, 0.2) is 0 Å². The van der Waals surface area contributed by atoms with Gasteiger partial charge in [-0.2, -0.15) is 0 Å². The minimum Gasteiger partial charge on any atom is -0.352 e. The Hall–Kier alpha value is -1.90. The van der Waals surface area contributed by atoms with Crippen LogP contribution in [0.3, 0.4) is 0 Å². The van der Waals surface area contributed by atoms with Crippen LogP contribution in [-0.2, 0) is 0 Å². The van der Waals surface area contributed by atoms with Gasteiger partial charge in [-0.15, -0.1) is 0 Å². The summed E-state index contributed by atoms with van der Waals surface area (Å²) in [7, 11) is 0. The van der Waals surface area contributed by atoms with Gasteiger partial charge in [0.1, 0.15) is 5.82 Å². The fourth-order valence-electron chi connectivity index (χ4n) is 1.99. The Labute approximate surface area is 87.2 Å². The molecule has 3 rings (SSSR count). The first-order valence-electron chi connectivity index (χ1n) is 4.97. The number of nitrogens with zero attached hydrogens (tertiary/aromatic N) is 2. The third-order valence-electron chi connectivity index (χ3n) is 2.64. The van der Waals surface area contributed by atoms with E-state index in [-0.39, 0.29) is 0 Å². The number of para-hydroxylation sites is 1. The molecule has 15 heavy (non-hydrogen) atoms. The lowest BCUT2D eigenvalue weighted by Gasteiger charge is -1.96. The maximum Gasteiger partial charge on any atom is 0.126 e. The fraction of sp³-hybridized carbons (Fsp3) is 0.167. The number of aryl methyl sites for hydroxylation is 2. The minimum absolute atomic E-state index is 0.824. The van der Waals surface area contributed by atoms with Gasteiger partial charge in [-0.3, -0.25) is 0 Å². The van der Waals surface area contributed by atoms with Crippen LogP contribution in [0, 0.1) is 13.8 Å². The summed E-state index contributed by atoms with van der Waals surface area (Å²) in [5.41, 5.74) is 4.20. The van der Waals surface area contributed by atoms with Gasteiger partial charge in [-0.1, -0.05) is 18.2 Å². The summed E-state index contributed by atoms with van der Waals surface area (Å²) >= 11 is 0. The molecule has 3 heteroatoms. The van der Waals surface area contributed by atoms with Gasteiger partial charge >= 0.3 is 0 Å². The molecule has 1 N–H and O–H groups in total. The SMILES string of the molecule is Cc1nc(C)c2[nH]c3ccccc3c2n1. The second-order valence-corrected chi connectivity index (χ2v) is 3.75. The summed E-state index contributed by atoms with van der Waals surface area (Å²) in [6.45, 7) is 3.93. The molecule has 2 aromatic heterocycles. The van der Waals surface area contributed by atoms with Gasteiger partial charge in [-0.05, 0) is 19.9 Å².